The van der Waals surface area contributed by atoms with Crippen molar-refractivity contribution >= 4 is 40.7 Å². The Balaban J connectivity index is 1.81. The van der Waals surface area contributed by atoms with E-state index >= 15 is 0 Å². The number of thiophene rings is 1. The normalized spacial score (nSPS) is 18.0. The van der Waals surface area contributed by atoms with Gasteiger partial charge in [-0.15, -0.1) is 11.3 Å². The van der Waals surface area contributed by atoms with Crippen LogP contribution in [-0.4, -0.2) is 54.2 Å². The van der Waals surface area contributed by atoms with Gasteiger partial charge >= 0.3 is 11.8 Å². The number of nitrogens with one attached hydrogen (secondary N) is 2. The molecule has 0 spiro atoms. The number of rotatable bonds is 5. The highest BCUT2D eigenvalue weighted by Gasteiger charge is 2.35. The summed E-state index contributed by atoms with van der Waals surface area (Å²) in [5.41, 5.74) is 5.46. The van der Waals surface area contributed by atoms with E-state index in [4.69, 9.17) is 10.5 Å². The highest BCUT2D eigenvalue weighted by molar-refractivity contribution is 7.14. The number of amides is 4. The van der Waals surface area contributed by atoms with Gasteiger partial charge in [0.25, 0.3) is 11.8 Å². The number of anilines is 1. The topological polar surface area (TPSA) is 144 Å². The Morgan fingerprint density at radius 2 is 2.00 bits per heavy atom. The van der Waals surface area contributed by atoms with Crippen molar-refractivity contribution in [3.63, 3.8) is 0 Å². The number of piperidine rings is 1. The number of primary amides is 1. The fourth-order valence-electron chi connectivity index (χ4n) is 3.62. The molecule has 32 heavy (non-hydrogen) atoms. The molecule has 10 nitrogen and oxygen atoms in total. The second kappa shape index (κ2) is 9.77. The van der Waals surface area contributed by atoms with Crippen LogP contribution in [0.25, 0.3) is 0 Å². The SMILES string of the molecule is CNC(=O)c1ccc([C@@H]2CC[C@@H](C)CN2C(=O)C(=O)Nc2cnc(OC)c(C(N)=O)c2)s1. The van der Waals surface area contributed by atoms with E-state index in [0.717, 1.165) is 11.3 Å². The van der Waals surface area contributed by atoms with Crippen LogP contribution in [0.15, 0.2) is 24.4 Å². The molecule has 1 aliphatic heterocycles. The summed E-state index contributed by atoms with van der Waals surface area (Å²) in [6, 6.07) is 4.54. The lowest BCUT2D eigenvalue weighted by Crippen LogP contribution is -2.46. The molecule has 2 aromatic heterocycles. The summed E-state index contributed by atoms with van der Waals surface area (Å²) in [6.07, 6.45) is 2.86. The van der Waals surface area contributed by atoms with Gasteiger partial charge in [-0.1, -0.05) is 6.92 Å². The number of hydrogen-bond donors (Lipinski definition) is 3. The molecule has 1 fully saturated rings. The van der Waals surface area contributed by atoms with Crippen molar-refractivity contribution in [2.24, 2.45) is 11.7 Å². The number of nitrogens with zero attached hydrogens (tertiary/aromatic N) is 2. The van der Waals surface area contributed by atoms with E-state index in [9.17, 15) is 19.2 Å². The molecule has 4 N–H and O–H groups in total. The molecule has 2 aromatic rings. The van der Waals surface area contributed by atoms with Crippen LogP contribution in [0.1, 0.15) is 50.7 Å². The monoisotopic (exact) mass is 459 g/mol. The van der Waals surface area contributed by atoms with Crippen LogP contribution in [0.4, 0.5) is 5.69 Å². The molecule has 2 atom stereocenters. The quantitative estimate of drug-likeness (QED) is 0.579. The first-order valence-corrected chi connectivity index (χ1v) is 10.8. The van der Waals surface area contributed by atoms with E-state index in [2.05, 4.69) is 15.6 Å². The van der Waals surface area contributed by atoms with Crippen molar-refractivity contribution < 1.29 is 23.9 Å². The number of carbonyl (C=O) groups is 4. The van der Waals surface area contributed by atoms with Gasteiger partial charge in [0.2, 0.25) is 5.88 Å². The number of methoxy groups -OCH3 is 1. The standard InChI is InChI=1S/C21H25N5O5S/c1-11-4-5-14(15-6-7-16(32-15)18(28)23-2)26(10-11)21(30)19(29)25-12-8-13(17(22)27)20(31-3)24-9-12/h6-9,11,14H,4-5,10H2,1-3H3,(H2,22,27)(H,23,28)(H,25,29)/t11-,14+/m1/s1. The van der Waals surface area contributed by atoms with Gasteiger partial charge in [-0.3, -0.25) is 19.2 Å². The Morgan fingerprint density at radius 1 is 1.25 bits per heavy atom. The van der Waals surface area contributed by atoms with Crippen LogP contribution < -0.4 is 21.1 Å². The van der Waals surface area contributed by atoms with Crippen molar-refractivity contribution in [1.29, 1.82) is 0 Å². The van der Waals surface area contributed by atoms with Crippen molar-refractivity contribution in [1.82, 2.24) is 15.2 Å². The molecule has 0 radical (unpaired) electrons. The summed E-state index contributed by atoms with van der Waals surface area (Å²) in [5, 5.41) is 5.07. The fourth-order valence-corrected chi connectivity index (χ4v) is 4.73. The van der Waals surface area contributed by atoms with Gasteiger partial charge in [-0.2, -0.15) is 0 Å². The third-order valence-electron chi connectivity index (χ3n) is 5.25. The Morgan fingerprint density at radius 3 is 2.66 bits per heavy atom. The predicted molar refractivity (Wildman–Crippen MR) is 118 cm³/mol. The van der Waals surface area contributed by atoms with E-state index < -0.39 is 17.7 Å². The van der Waals surface area contributed by atoms with Crippen molar-refractivity contribution in [3.8, 4) is 5.88 Å². The molecule has 0 bridgehead atoms. The van der Waals surface area contributed by atoms with Crippen LogP contribution in [0.3, 0.4) is 0 Å². The molecule has 0 saturated carbocycles. The largest absolute Gasteiger partial charge is 0.480 e. The molecule has 11 heteroatoms. The molecule has 0 aromatic carbocycles. The third-order valence-corrected chi connectivity index (χ3v) is 6.43. The smallest absolute Gasteiger partial charge is 0.313 e. The van der Waals surface area contributed by atoms with Gasteiger partial charge in [0.05, 0.1) is 29.9 Å². The summed E-state index contributed by atoms with van der Waals surface area (Å²) in [4.78, 5) is 56.2. The van der Waals surface area contributed by atoms with Crippen LogP contribution in [0.2, 0.25) is 0 Å². The highest BCUT2D eigenvalue weighted by Crippen LogP contribution is 2.37. The Kier molecular flexibility index (Phi) is 7.08. The lowest BCUT2D eigenvalue weighted by atomic mass is 9.93. The zero-order valence-electron chi connectivity index (χ0n) is 18.0. The van der Waals surface area contributed by atoms with E-state index in [0.29, 0.717) is 17.8 Å². The molecule has 0 unspecified atom stereocenters. The minimum Gasteiger partial charge on any atom is -0.480 e. The number of nitrogens with two attached hydrogens (primary N) is 1. The first kappa shape index (κ1) is 23.2. The summed E-state index contributed by atoms with van der Waals surface area (Å²) < 4.78 is 4.98. The van der Waals surface area contributed by atoms with Gasteiger partial charge in [-0.05, 0) is 37.0 Å². The minimum atomic E-state index is -0.852. The van der Waals surface area contributed by atoms with Gasteiger partial charge in [0.1, 0.15) is 5.56 Å². The maximum absolute atomic E-state index is 13.1. The molecule has 3 heterocycles. The molecule has 1 saturated heterocycles. The molecule has 0 aliphatic carbocycles. The zero-order chi connectivity index (χ0) is 23.4. The highest BCUT2D eigenvalue weighted by atomic mass is 32.1. The van der Waals surface area contributed by atoms with Crippen molar-refractivity contribution in [2.75, 3.05) is 26.0 Å². The molecule has 3 rings (SSSR count). The average molecular weight is 460 g/mol. The summed E-state index contributed by atoms with van der Waals surface area (Å²) in [6.45, 7) is 2.43. The van der Waals surface area contributed by atoms with Crippen molar-refractivity contribution in [3.05, 3.63) is 39.7 Å². The van der Waals surface area contributed by atoms with Crippen molar-refractivity contribution in [2.45, 2.75) is 25.8 Å². The molecular weight excluding hydrogens is 434 g/mol. The number of ether oxygens (including phenoxy) is 1. The minimum absolute atomic E-state index is 0.0115. The van der Waals surface area contributed by atoms with E-state index in [1.807, 2.05) is 13.0 Å². The summed E-state index contributed by atoms with van der Waals surface area (Å²) >= 11 is 1.31. The first-order chi connectivity index (χ1) is 15.2. The average Bonchev–Trinajstić information content (AvgIpc) is 3.27. The molecular formula is C21H25N5O5S. The molecule has 1 aliphatic rings. The molecule has 170 valence electrons. The number of carbonyl (C=O) groups excluding carboxylic acids is 4. The van der Waals surface area contributed by atoms with Crippen LogP contribution in [0.5, 0.6) is 5.88 Å². The van der Waals surface area contributed by atoms with Gasteiger partial charge < -0.3 is 26.0 Å². The summed E-state index contributed by atoms with van der Waals surface area (Å²) in [7, 11) is 2.90. The van der Waals surface area contributed by atoms with E-state index in [1.54, 1.807) is 13.1 Å². The van der Waals surface area contributed by atoms with Gasteiger partial charge in [-0.25, -0.2) is 4.98 Å². The Labute approximate surface area is 189 Å². The van der Waals surface area contributed by atoms with E-state index in [-0.39, 0.29) is 35.0 Å². The first-order valence-electron chi connectivity index (χ1n) is 10.0. The van der Waals surface area contributed by atoms with Gasteiger partial charge in [0.15, 0.2) is 0 Å². The number of pyridine rings is 1. The predicted octanol–water partition coefficient (Wildman–Crippen LogP) is 1.55. The lowest BCUT2D eigenvalue weighted by Gasteiger charge is -2.37. The zero-order valence-corrected chi connectivity index (χ0v) is 18.8. The Bertz CT molecular complexity index is 1050. The molecule has 4 amide bonds. The van der Waals surface area contributed by atoms with E-state index in [1.165, 1.54) is 35.6 Å². The van der Waals surface area contributed by atoms with Crippen LogP contribution in [0, 0.1) is 5.92 Å². The second-order valence-electron chi connectivity index (χ2n) is 7.54. The maximum Gasteiger partial charge on any atom is 0.313 e. The third kappa shape index (κ3) is 4.88. The maximum atomic E-state index is 13.1. The number of aromatic nitrogens is 1. The van der Waals surface area contributed by atoms with Gasteiger partial charge in [0, 0.05) is 18.5 Å². The Hall–Kier alpha value is -3.47. The number of hydrogen-bond acceptors (Lipinski definition) is 7. The van der Waals surface area contributed by atoms with Crippen LogP contribution in [-0.2, 0) is 9.59 Å². The van der Waals surface area contributed by atoms with Crippen LogP contribution >= 0.6 is 11.3 Å². The summed E-state index contributed by atoms with van der Waals surface area (Å²) in [5.74, 6) is -2.27. The fraction of sp³-hybridized carbons (Fsp3) is 0.381. The lowest BCUT2D eigenvalue weighted by molar-refractivity contribution is -0.146. The number of likely N-dealkylation sites (tertiary alicyclic amines) is 1. The second-order valence-corrected chi connectivity index (χ2v) is 8.65.